The lowest BCUT2D eigenvalue weighted by Gasteiger charge is -2.11. The molecule has 0 radical (unpaired) electrons. The number of rotatable bonds is 6. The fourth-order valence-electron chi connectivity index (χ4n) is 3.26. The first-order valence-electron chi connectivity index (χ1n) is 9.29. The van der Waals surface area contributed by atoms with E-state index in [4.69, 9.17) is 11.6 Å². The lowest BCUT2D eigenvalue weighted by Crippen LogP contribution is -2.09. The predicted octanol–water partition coefficient (Wildman–Crippen LogP) is 4.12. The molecule has 0 bridgehead atoms. The van der Waals surface area contributed by atoms with Gasteiger partial charge in [-0.05, 0) is 24.5 Å². The van der Waals surface area contributed by atoms with Crippen LogP contribution in [0.15, 0.2) is 24.5 Å². The van der Waals surface area contributed by atoms with Crippen LogP contribution in [0.5, 0.6) is 0 Å². The Morgan fingerprint density at radius 1 is 1.28 bits per heavy atom. The van der Waals surface area contributed by atoms with Crippen molar-refractivity contribution in [1.29, 1.82) is 0 Å². The van der Waals surface area contributed by atoms with E-state index in [1.54, 1.807) is 13.4 Å². The standard InChI is InChI=1S/C19H18ClFN8/c1-22-19-25-13(6-10-4-5-11-17(15(10)20)24-8-23-11)16(21)18(27-19)26-14-7-12(28-29-14)9-2-3-9/h4-5,7-9H,2-3,6H2,1H3,(H,23,24)(H3,22,25,26,27,28,29). The van der Waals surface area contributed by atoms with Crippen LogP contribution in [0.3, 0.4) is 0 Å². The number of nitrogens with one attached hydrogen (secondary N) is 4. The summed E-state index contributed by atoms with van der Waals surface area (Å²) in [5, 5.41) is 13.5. The molecule has 10 heteroatoms. The largest absolute Gasteiger partial charge is 0.357 e. The van der Waals surface area contributed by atoms with E-state index in [9.17, 15) is 0 Å². The summed E-state index contributed by atoms with van der Waals surface area (Å²) in [6.07, 6.45) is 4.08. The number of hydrogen-bond donors (Lipinski definition) is 4. The highest BCUT2D eigenvalue weighted by molar-refractivity contribution is 6.35. The minimum Gasteiger partial charge on any atom is -0.357 e. The number of halogens is 2. The number of hydrogen-bond acceptors (Lipinski definition) is 6. The molecule has 0 spiro atoms. The third-order valence-electron chi connectivity index (χ3n) is 4.97. The Balaban J connectivity index is 1.48. The molecular formula is C19H18ClFN8. The van der Waals surface area contributed by atoms with E-state index in [0.29, 0.717) is 28.2 Å². The van der Waals surface area contributed by atoms with Crippen LogP contribution in [0, 0.1) is 5.82 Å². The minimum absolute atomic E-state index is 0.0603. The quantitative estimate of drug-likeness (QED) is 0.379. The summed E-state index contributed by atoms with van der Waals surface area (Å²) in [5.74, 6) is 0.867. The number of imidazole rings is 1. The van der Waals surface area contributed by atoms with Gasteiger partial charge in [0.1, 0.15) is 5.52 Å². The van der Waals surface area contributed by atoms with E-state index in [1.165, 1.54) is 0 Å². The number of H-pyrrole nitrogens is 2. The van der Waals surface area contributed by atoms with Crippen LogP contribution in [-0.4, -0.2) is 37.2 Å². The second-order valence-corrected chi connectivity index (χ2v) is 7.41. The first-order valence-corrected chi connectivity index (χ1v) is 9.67. The molecule has 1 saturated carbocycles. The Bertz CT molecular complexity index is 1200. The average molecular weight is 413 g/mol. The zero-order valence-electron chi connectivity index (χ0n) is 15.6. The Labute approximate surface area is 170 Å². The van der Waals surface area contributed by atoms with E-state index >= 15 is 4.39 Å². The van der Waals surface area contributed by atoms with Crippen molar-refractivity contribution in [2.45, 2.75) is 25.2 Å². The van der Waals surface area contributed by atoms with Crippen molar-refractivity contribution >= 4 is 40.2 Å². The molecule has 3 aromatic heterocycles. The summed E-state index contributed by atoms with van der Waals surface area (Å²) in [5.41, 5.74) is 3.48. The first-order chi connectivity index (χ1) is 14.1. The molecule has 0 aliphatic heterocycles. The Morgan fingerprint density at radius 2 is 2.14 bits per heavy atom. The minimum atomic E-state index is -0.543. The maximum Gasteiger partial charge on any atom is 0.224 e. The molecule has 1 aliphatic carbocycles. The molecule has 4 aromatic rings. The molecular weight excluding hydrogens is 395 g/mol. The van der Waals surface area contributed by atoms with Gasteiger partial charge in [0.25, 0.3) is 0 Å². The summed E-state index contributed by atoms with van der Waals surface area (Å²) in [4.78, 5) is 15.7. The molecule has 1 aromatic carbocycles. The molecule has 1 fully saturated rings. The van der Waals surface area contributed by atoms with Gasteiger partial charge in [0.05, 0.1) is 22.6 Å². The topological polar surface area (TPSA) is 107 Å². The number of nitrogens with zero attached hydrogens (tertiary/aromatic N) is 4. The van der Waals surface area contributed by atoms with Crippen LogP contribution >= 0.6 is 11.6 Å². The molecule has 8 nitrogen and oxygen atoms in total. The molecule has 0 atom stereocenters. The van der Waals surface area contributed by atoms with Crippen molar-refractivity contribution in [3.8, 4) is 0 Å². The van der Waals surface area contributed by atoms with Gasteiger partial charge < -0.3 is 15.6 Å². The van der Waals surface area contributed by atoms with Crippen molar-refractivity contribution in [2.24, 2.45) is 0 Å². The Morgan fingerprint density at radius 3 is 2.93 bits per heavy atom. The molecule has 4 N–H and O–H groups in total. The van der Waals surface area contributed by atoms with E-state index in [1.807, 2.05) is 18.2 Å². The van der Waals surface area contributed by atoms with E-state index in [-0.39, 0.29) is 17.9 Å². The van der Waals surface area contributed by atoms with Crippen LogP contribution in [-0.2, 0) is 6.42 Å². The summed E-state index contributed by atoms with van der Waals surface area (Å²) in [6, 6.07) is 5.59. The highest BCUT2D eigenvalue weighted by Gasteiger charge is 2.26. The summed E-state index contributed by atoms with van der Waals surface area (Å²) in [6.45, 7) is 0. The fraction of sp³-hybridized carbons (Fsp3) is 0.263. The third-order valence-corrected chi connectivity index (χ3v) is 5.39. The van der Waals surface area contributed by atoms with Gasteiger partial charge >= 0.3 is 0 Å². The fourth-order valence-corrected chi connectivity index (χ4v) is 3.54. The highest BCUT2D eigenvalue weighted by atomic mass is 35.5. The van der Waals surface area contributed by atoms with Crippen molar-refractivity contribution in [2.75, 3.05) is 17.7 Å². The number of benzene rings is 1. The van der Waals surface area contributed by atoms with Gasteiger partial charge in [-0.15, -0.1) is 0 Å². The summed E-state index contributed by atoms with van der Waals surface area (Å²) < 4.78 is 15.2. The monoisotopic (exact) mass is 412 g/mol. The van der Waals surface area contributed by atoms with Gasteiger partial charge in [-0.3, -0.25) is 5.10 Å². The molecule has 29 heavy (non-hydrogen) atoms. The van der Waals surface area contributed by atoms with Gasteiger partial charge in [-0.1, -0.05) is 17.7 Å². The Kier molecular flexibility index (Phi) is 4.31. The second kappa shape index (κ2) is 7.00. The molecule has 5 rings (SSSR count). The molecule has 1 aliphatic rings. The smallest absolute Gasteiger partial charge is 0.224 e. The summed E-state index contributed by atoms with van der Waals surface area (Å²) in [7, 11) is 1.68. The Hall–Kier alpha value is -3.20. The highest BCUT2D eigenvalue weighted by Crippen LogP contribution is 2.39. The lowest BCUT2D eigenvalue weighted by molar-refractivity contribution is 0.602. The molecule has 3 heterocycles. The van der Waals surface area contributed by atoms with Crippen LogP contribution in [0.1, 0.15) is 35.7 Å². The SMILES string of the molecule is CNc1nc(Cc2ccc3[nH]cnc3c2Cl)c(F)c(Nc2cc(C3CC3)[nH]n2)n1. The number of fused-ring (bicyclic) bond motifs is 1. The van der Waals surface area contributed by atoms with Gasteiger partial charge in [-0.25, -0.2) is 14.4 Å². The van der Waals surface area contributed by atoms with Crippen molar-refractivity contribution < 1.29 is 4.39 Å². The third kappa shape index (κ3) is 3.38. The zero-order chi connectivity index (χ0) is 20.0. The first kappa shape index (κ1) is 17.9. The van der Waals surface area contributed by atoms with Gasteiger partial charge in [-0.2, -0.15) is 10.1 Å². The van der Waals surface area contributed by atoms with E-state index in [0.717, 1.165) is 29.6 Å². The molecule has 0 unspecified atom stereocenters. The van der Waals surface area contributed by atoms with E-state index in [2.05, 4.69) is 40.8 Å². The van der Waals surface area contributed by atoms with Crippen LogP contribution < -0.4 is 10.6 Å². The number of aromatic nitrogens is 6. The molecule has 0 amide bonds. The second-order valence-electron chi connectivity index (χ2n) is 7.03. The van der Waals surface area contributed by atoms with Crippen LogP contribution in [0.25, 0.3) is 11.0 Å². The van der Waals surface area contributed by atoms with Crippen LogP contribution in [0.4, 0.5) is 22.0 Å². The van der Waals surface area contributed by atoms with E-state index < -0.39 is 5.82 Å². The summed E-state index contributed by atoms with van der Waals surface area (Å²) >= 11 is 6.47. The number of anilines is 3. The average Bonchev–Trinajstić information content (AvgIpc) is 3.27. The normalized spacial score (nSPS) is 13.8. The predicted molar refractivity (Wildman–Crippen MR) is 109 cm³/mol. The lowest BCUT2D eigenvalue weighted by atomic mass is 10.1. The van der Waals surface area contributed by atoms with Gasteiger partial charge in [0.15, 0.2) is 17.5 Å². The molecule has 0 saturated heterocycles. The molecule has 148 valence electrons. The van der Waals surface area contributed by atoms with Crippen LogP contribution in [0.2, 0.25) is 5.02 Å². The van der Waals surface area contributed by atoms with Crippen molar-refractivity contribution in [1.82, 2.24) is 30.1 Å². The van der Waals surface area contributed by atoms with Crippen molar-refractivity contribution in [3.05, 3.63) is 52.3 Å². The van der Waals surface area contributed by atoms with Gasteiger partial charge in [0.2, 0.25) is 5.95 Å². The maximum absolute atomic E-state index is 15.2. The van der Waals surface area contributed by atoms with Crippen molar-refractivity contribution in [3.63, 3.8) is 0 Å². The zero-order valence-corrected chi connectivity index (χ0v) is 16.3. The number of aromatic amines is 2. The maximum atomic E-state index is 15.2. The van der Waals surface area contributed by atoms with Gasteiger partial charge in [0, 0.05) is 31.1 Å².